The fourth-order valence-corrected chi connectivity index (χ4v) is 2.03. The molecule has 1 aliphatic heterocycles. The molecule has 0 aromatic heterocycles. The monoisotopic (exact) mass is 211 g/mol. The summed E-state index contributed by atoms with van der Waals surface area (Å²) in [7, 11) is 0. The van der Waals surface area contributed by atoms with Crippen LogP contribution in [-0.2, 0) is 0 Å². The Morgan fingerprint density at radius 2 is 1.80 bits per heavy atom. The Labute approximate surface area is 91.8 Å². The number of allylic oxidation sites excluding steroid dienone is 1. The topological polar surface area (TPSA) is 40.5 Å². The second-order valence-electron chi connectivity index (χ2n) is 5.32. The van der Waals surface area contributed by atoms with Gasteiger partial charge in [-0.3, -0.25) is 0 Å². The van der Waals surface area contributed by atoms with Crippen LogP contribution in [0.5, 0.6) is 0 Å². The van der Waals surface area contributed by atoms with Gasteiger partial charge < -0.3 is 10.0 Å². The van der Waals surface area contributed by atoms with Gasteiger partial charge in [-0.1, -0.05) is 32.9 Å². The molecule has 1 N–H and O–H groups in total. The minimum Gasteiger partial charge on any atom is -0.465 e. The van der Waals surface area contributed by atoms with Crippen molar-refractivity contribution in [1.29, 1.82) is 0 Å². The molecule has 86 valence electrons. The third-order valence-electron chi connectivity index (χ3n) is 3.22. The molecule has 0 aliphatic carbocycles. The van der Waals surface area contributed by atoms with Crippen molar-refractivity contribution >= 4 is 6.09 Å². The van der Waals surface area contributed by atoms with Crippen LogP contribution >= 0.6 is 0 Å². The van der Waals surface area contributed by atoms with Crippen LogP contribution in [0.4, 0.5) is 4.79 Å². The van der Waals surface area contributed by atoms with Crippen LogP contribution in [0, 0.1) is 11.3 Å². The summed E-state index contributed by atoms with van der Waals surface area (Å²) >= 11 is 0. The predicted molar refractivity (Wildman–Crippen MR) is 60.9 cm³/mol. The maximum Gasteiger partial charge on any atom is 0.407 e. The molecule has 1 saturated heterocycles. The lowest BCUT2D eigenvalue weighted by atomic mass is 9.76. The van der Waals surface area contributed by atoms with Crippen LogP contribution < -0.4 is 0 Å². The zero-order chi connectivity index (χ0) is 11.6. The molecule has 1 rings (SSSR count). The van der Waals surface area contributed by atoms with Gasteiger partial charge in [0.05, 0.1) is 0 Å². The Hall–Kier alpha value is -0.990. The summed E-state index contributed by atoms with van der Waals surface area (Å²) in [5.74, 6) is 0.487. The van der Waals surface area contributed by atoms with Gasteiger partial charge >= 0.3 is 6.09 Å². The summed E-state index contributed by atoms with van der Waals surface area (Å²) in [4.78, 5) is 12.2. The standard InChI is InChI=1S/C12H21NO2/c1-9(12(2,3)4)10-5-7-13(8-6-10)11(14)15/h10H,1,5-8H2,2-4H3,(H,14,15). The van der Waals surface area contributed by atoms with Gasteiger partial charge in [-0.25, -0.2) is 4.79 Å². The van der Waals surface area contributed by atoms with E-state index in [-0.39, 0.29) is 5.41 Å². The van der Waals surface area contributed by atoms with Crippen molar-refractivity contribution in [3.05, 3.63) is 12.2 Å². The van der Waals surface area contributed by atoms with E-state index in [1.165, 1.54) is 10.5 Å². The molecule has 3 nitrogen and oxygen atoms in total. The van der Waals surface area contributed by atoms with E-state index in [2.05, 4.69) is 27.4 Å². The fourth-order valence-electron chi connectivity index (χ4n) is 2.03. The minimum absolute atomic E-state index is 0.135. The number of carbonyl (C=O) groups is 1. The largest absolute Gasteiger partial charge is 0.465 e. The number of hydrogen-bond donors (Lipinski definition) is 1. The first-order chi connectivity index (χ1) is 6.82. The molecule has 3 heteroatoms. The number of piperidine rings is 1. The highest BCUT2D eigenvalue weighted by atomic mass is 16.4. The average Bonchev–Trinajstić information content (AvgIpc) is 2.15. The average molecular weight is 211 g/mol. The predicted octanol–water partition coefficient (Wildman–Crippen LogP) is 2.98. The van der Waals surface area contributed by atoms with Gasteiger partial charge in [0.1, 0.15) is 0 Å². The van der Waals surface area contributed by atoms with Crippen LogP contribution in [-0.4, -0.2) is 29.2 Å². The molecule has 15 heavy (non-hydrogen) atoms. The number of carboxylic acid groups (broad SMARTS) is 1. The van der Waals surface area contributed by atoms with Crippen molar-refractivity contribution in [2.45, 2.75) is 33.6 Å². The Bertz CT molecular complexity index is 257. The second kappa shape index (κ2) is 4.25. The molecular weight excluding hydrogens is 190 g/mol. The van der Waals surface area contributed by atoms with E-state index in [0.717, 1.165) is 12.8 Å². The lowest BCUT2D eigenvalue weighted by Gasteiger charge is -2.35. The van der Waals surface area contributed by atoms with E-state index >= 15 is 0 Å². The van der Waals surface area contributed by atoms with Gasteiger partial charge in [0, 0.05) is 13.1 Å². The molecule has 1 aliphatic rings. The van der Waals surface area contributed by atoms with Crippen molar-refractivity contribution in [1.82, 2.24) is 4.90 Å². The highest BCUT2D eigenvalue weighted by molar-refractivity contribution is 5.65. The van der Waals surface area contributed by atoms with Crippen molar-refractivity contribution in [3.63, 3.8) is 0 Å². The number of likely N-dealkylation sites (tertiary alicyclic amines) is 1. The summed E-state index contributed by atoms with van der Waals surface area (Å²) < 4.78 is 0. The van der Waals surface area contributed by atoms with Crippen LogP contribution in [0.15, 0.2) is 12.2 Å². The Morgan fingerprint density at radius 1 is 1.33 bits per heavy atom. The van der Waals surface area contributed by atoms with Crippen LogP contribution in [0.2, 0.25) is 0 Å². The van der Waals surface area contributed by atoms with E-state index in [1.807, 2.05) is 0 Å². The Kier molecular flexibility index (Phi) is 3.42. The van der Waals surface area contributed by atoms with Gasteiger partial charge in [0.15, 0.2) is 0 Å². The molecule has 0 spiro atoms. The summed E-state index contributed by atoms with van der Waals surface area (Å²) in [5, 5.41) is 8.83. The third kappa shape index (κ3) is 2.98. The zero-order valence-corrected chi connectivity index (χ0v) is 9.92. The van der Waals surface area contributed by atoms with Crippen molar-refractivity contribution < 1.29 is 9.90 Å². The number of nitrogens with zero attached hydrogens (tertiary/aromatic N) is 1. The van der Waals surface area contributed by atoms with Gasteiger partial charge in [0.2, 0.25) is 0 Å². The molecule has 0 bridgehead atoms. The quantitative estimate of drug-likeness (QED) is 0.677. The molecule has 1 heterocycles. The minimum atomic E-state index is -0.796. The number of amides is 1. The van der Waals surface area contributed by atoms with Gasteiger partial charge in [0.25, 0.3) is 0 Å². The van der Waals surface area contributed by atoms with Crippen molar-refractivity contribution in [2.75, 3.05) is 13.1 Å². The molecule has 0 radical (unpaired) electrons. The molecule has 0 unspecified atom stereocenters. The highest BCUT2D eigenvalue weighted by Crippen LogP contribution is 2.35. The number of hydrogen-bond acceptors (Lipinski definition) is 1. The lowest BCUT2D eigenvalue weighted by molar-refractivity contribution is 0.126. The molecule has 0 saturated carbocycles. The van der Waals surface area contributed by atoms with Crippen LogP contribution in [0.1, 0.15) is 33.6 Å². The van der Waals surface area contributed by atoms with E-state index in [0.29, 0.717) is 19.0 Å². The van der Waals surface area contributed by atoms with E-state index < -0.39 is 6.09 Å². The molecular formula is C12H21NO2. The molecule has 1 amide bonds. The summed E-state index contributed by atoms with van der Waals surface area (Å²) in [6.07, 6.45) is 1.04. The molecule has 0 atom stereocenters. The highest BCUT2D eigenvalue weighted by Gasteiger charge is 2.28. The first-order valence-electron chi connectivity index (χ1n) is 5.49. The molecule has 0 aromatic carbocycles. The van der Waals surface area contributed by atoms with Gasteiger partial charge in [-0.05, 0) is 24.2 Å². The Morgan fingerprint density at radius 3 is 2.13 bits per heavy atom. The zero-order valence-electron chi connectivity index (χ0n) is 9.92. The lowest BCUT2D eigenvalue weighted by Crippen LogP contribution is -2.38. The van der Waals surface area contributed by atoms with E-state index in [1.54, 1.807) is 0 Å². The smallest absolute Gasteiger partial charge is 0.407 e. The summed E-state index contributed by atoms with van der Waals surface area (Å²) in [6, 6.07) is 0. The summed E-state index contributed by atoms with van der Waals surface area (Å²) in [6.45, 7) is 11.9. The molecule has 1 fully saturated rings. The normalized spacial score (nSPS) is 19.0. The first-order valence-corrected chi connectivity index (χ1v) is 5.49. The van der Waals surface area contributed by atoms with Gasteiger partial charge in [-0.15, -0.1) is 0 Å². The first kappa shape index (κ1) is 12.1. The maximum atomic E-state index is 10.7. The fraction of sp³-hybridized carbons (Fsp3) is 0.750. The van der Waals surface area contributed by atoms with Crippen LogP contribution in [0.25, 0.3) is 0 Å². The molecule has 0 aromatic rings. The third-order valence-corrected chi connectivity index (χ3v) is 3.22. The van der Waals surface area contributed by atoms with Crippen molar-refractivity contribution in [3.8, 4) is 0 Å². The van der Waals surface area contributed by atoms with Crippen molar-refractivity contribution in [2.24, 2.45) is 11.3 Å². The van der Waals surface area contributed by atoms with Crippen LogP contribution in [0.3, 0.4) is 0 Å². The Balaban J connectivity index is 2.51. The second-order valence-corrected chi connectivity index (χ2v) is 5.32. The van der Waals surface area contributed by atoms with E-state index in [9.17, 15) is 4.79 Å². The SMILES string of the molecule is C=C(C1CCN(C(=O)O)CC1)C(C)(C)C. The van der Waals surface area contributed by atoms with Gasteiger partial charge in [-0.2, -0.15) is 0 Å². The summed E-state index contributed by atoms with van der Waals surface area (Å²) in [5.41, 5.74) is 1.39. The number of rotatable bonds is 1. The van der Waals surface area contributed by atoms with E-state index in [4.69, 9.17) is 5.11 Å². The maximum absolute atomic E-state index is 10.7.